The lowest BCUT2D eigenvalue weighted by molar-refractivity contribution is 0.0141. The minimum Gasteiger partial charge on any atom is -0.444 e. The van der Waals surface area contributed by atoms with Gasteiger partial charge in [-0.25, -0.2) is 4.79 Å². The Bertz CT molecular complexity index is 1720. The van der Waals surface area contributed by atoms with Gasteiger partial charge in [0.15, 0.2) is 0 Å². The molecule has 1 fully saturated rings. The van der Waals surface area contributed by atoms with Crippen LogP contribution in [0.3, 0.4) is 0 Å². The third-order valence-electron chi connectivity index (χ3n) is 7.13. The lowest BCUT2D eigenvalue weighted by atomic mass is 10.0. The van der Waals surface area contributed by atoms with Crippen molar-refractivity contribution in [1.82, 2.24) is 15.1 Å². The summed E-state index contributed by atoms with van der Waals surface area (Å²) in [6.07, 6.45) is -0.368. The monoisotopic (exact) mass is 664 g/mol. The van der Waals surface area contributed by atoms with Gasteiger partial charge in [0.1, 0.15) is 5.60 Å². The van der Waals surface area contributed by atoms with Crippen molar-refractivity contribution in [3.8, 4) is 0 Å². The third-order valence-corrected chi connectivity index (χ3v) is 8.36. The van der Waals surface area contributed by atoms with Crippen LogP contribution in [0.15, 0.2) is 83.8 Å². The molecule has 0 atom stereocenters. The lowest BCUT2D eigenvalue weighted by Gasteiger charge is -2.35. The minimum absolute atomic E-state index is 0.112. The van der Waals surface area contributed by atoms with Crippen LogP contribution in [0.5, 0.6) is 0 Å². The number of fused-ring (bicyclic) bond motifs is 1. The molecule has 4 aromatic carbocycles. The summed E-state index contributed by atoms with van der Waals surface area (Å²) in [5, 5.41) is 5.81. The molecular weight excluding hydrogens is 631 g/mol. The lowest BCUT2D eigenvalue weighted by Crippen LogP contribution is -2.51. The van der Waals surface area contributed by atoms with Crippen molar-refractivity contribution < 1.29 is 19.1 Å². The van der Waals surface area contributed by atoms with Gasteiger partial charge >= 0.3 is 6.09 Å². The van der Waals surface area contributed by atoms with Crippen molar-refractivity contribution in [3.63, 3.8) is 0 Å². The molecule has 1 aliphatic heterocycles. The molecule has 8 nitrogen and oxygen atoms in total. The molecule has 5 rings (SSSR count). The van der Waals surface area contributed by atoms with Gasteiger partial charge in [-0.05, 0) is 86.1 Å². The van der Waals surface area contributed by atoms with Crippen molar-refractivity contribution in [2.24, 2.45) is 0 Å². The van der Waals surface area contributed by atoms with Gasteiger partial charge in [-0.2, -0.15) is 0 Å². The van der Waals surface area contributed by atoms with E-state index in [1.54, 1.807) is 34.1 Å². The van der Waals surface area contributed by atoms with Crippen LogP contribution in [0.4, 0.5) is 10.5 Å². The molecule has 0 unspecified atom stereocenters. The molecule has 3 amide bonds. The number of carbonyl (C=O) groups is 3. The Kier molecular flexibility index (Phi) is 10.1. The third kappa shape index (κ3) is 8.42. The molecule has 4 aromatic rings. The summed E-state index contributed by atoms with van der Waals surface area (Å²) in [6, 6.07) is 24.0. The number of anilines is 1. The zero-order chi connectivity index (χ0) is 32.1. The Balaban J connectivity index is 1.21. The summed E-state index contributed by atoms with van der Waals surface area (Å²) in [5.74, 6) is -0.332. The van der Waals surface area contributed by atoms with E-state index in [4.69, 9.17) is 27.9 Å². The quantitative estimate of drug-likeness (QED) is 0.195. The molecule has 0 saturated carbocycles. The SMILES string of the molecule is CC(C)(C)OC(=O)N1CCN(C(=O)c2cccc(CNC(=O)c3cccc4c(NSc5cc(Cl)cc(Cl)c5)cccc34)c2)CC1. The first kappa shape index (κ1) is 32.5. The minimum atomic E-state index is -0.569. The zero-order valence-corrected chi connectivity index (χ0v) is 27.6. The molecule has 0 radical (unpaired) electrons. The highest BCUT2D eigenvalue weighted by atomic mass is 35.5. The van der Waals surface area contributed by atoms with Crippen LogP contribution in [0.1, 0.15) is 47.1 Å². The Morgan fingerprint density at radius 3 is 2.18 bits per heavy atom. The summed E-state index contributed by atoms with van der Waals surface area (Å²) in [5.41, 5.74) is 2.16. The van der Waals surface area contributed by atoms with E-state index in [2.05, 4.69) is 10.0 Å². The van der Waals surface area contributed by atoms with Crippen molar-refractivity contribution in [1.29, 1.82) is 0 Å². The molecule has 0 aliphatic carbocycles. The molecule has 0 spiro atoms. The maximum atomic E-state index is 13.4. The van der Waals surface area contributed by atoms with Crippen molar-refractivity contribution >= 4 is 69.5 Å². The van der Waals surface area contributed by atoms with Crippen LogP contribution in [0.2, 0.25) is 10.0 Å². The van der Waals surface area contributed by atoms with E-state index in [1.807, 2.05) is 75.4 Å². The number of benzene rings is 4. The highest BCUT2D eigenvalue weighted by molar-refractivity contribution is 8.00. The predicted molar refractivity (Wildman–Crippen MR) is 181 cm³/mol. The van der Waals surface area contributed by atoms with Gasteiger partial charge in [-0.3, -0.25) is 9.59 Å². The molecule has 2 N–H and O–H groups in total. The number of nitrogens with one attached hydrogen (secondary N) is 2. The van der Waals surface area contributed by atoms with Gasteiger partial charge in [0.25, 0.3) is 11.8 Å². The number of rotatable bonds is 7. The van der Waals surface area contributed by atoms with Gasteiger partial charge in [0, 0.05) is 64.2 Å². The zero-order valence-electron chi connectivity index (χ0n) is 25.2. The summed E-state index contributed by atoms with van der Waals surface area (Å²) >= 11 is 13.7. The maximum absolute atomic E-state index is 13.4. The second kappa shape index (κ2) is 14.0. The normalized spacial score (nSPS) is 13.4. The first-order valence-electron chi connectivity index (χ1n) is 14.5. The van der Waals surface area contributed by atoms with Crippen molar-refractivity contribution in [2.45, 2.75) is 37.8 Å². The van der Waals surface area contributed by atoms with Crippen LogP contribution in [0, 0.1) is 0 Å². The van der Waals surface area contributed by atoms with Crippen LogP contribution in [-0.4, -0.2) is 59.5 Å². The van der Waals surface area contributed by atoms with Crippen LogP contribution in [0.25, 0.3) is 10.8 Å². The molecule has 45 heavy (non-hydrogen) atoms. The largest absolute Gasteiger partial charge is 0.444 e. The van der Waals surface area contributed by atoms with E-state index in [0.717, 1.165) is 26.9 Å². The number of halogens is 2. The first-order chi connectivity index (χ1) is 21.5. The van der Waals surface area contributed by atoms with Crippen LogP contribution >= 0.6 is 35.1 Å². The van der Waals surface area contributed by atoms with Crippen molar-refractivity contribution in [3.05, 3.63) is 106 Å². The van der Waals surface area contributed by atoms with Gasteiger partial charge in [0.2, 0.25) is 0 Å². The highest BCUT2D eigenvalue weighted by Gasteiger charge is 2.28. The molecule has 1 heterocycles. The van der Waals surface area contributed by atoms with Crippen molar-refractivity contribution in [2.75, 3.05) is 30.9 Å². The molecule has 11 heteroatoms. The molecular formula is C34H34Cl2N4O4S. The molecule has 1 aliphatic rings. The average molecular weight is 666 g/mol. The van der Waals surface area contributed by atoms with E-state index >= 15 is 0 Å². The fraction of sp³-hybridized carbons (Fsp3) is 0.265. The Labute approximate surface area is 277 Å². The molecule has 1 saturated heterocycles. The van der Waals surface area contributed by atoms with E-state index < -0.39 is 5.60 Å². The number of carbonyl (C=O) groups excluding carboxylic acids is 3. The molecule has 234 valence electrons. The topological polar surface area (TPSA) is 91.0 Å². The van der Waals surface area contributed by atoms with E-state index in [1.165, 1.54) is 11.9 Å². The summed E-state index contributed by atoms with van der Waals surface area (Å²) < 4.78 is 8.80. The number of amides is 3. The maximum Gasteiger partial charge on any atom is 0.410 e. The smallest absolute Gasteiger partial charge is 0.410 e. The second-order valence-electron chi connectivity index (χ2n) is 11.7. The Morgan fingerprint density at radius 2 is 1.47 bits per heavy atom. The number of ether oxygens (including phenoxy) is 1. The van der Waals surface area contributed by atoms with Gasteiger partial charge in [0.05, 0.1) is 5.69 Å². The number of hydrogen-bond acceptors (Lipinski definition) is 6. The Morgan fingerprint density at radius 1 is 0.822 bits per heavy atom. The molecule has 0 aromatic heterocycles. The first-order valence-corrected chi connectivity index (χ1v) is 16.1. The summed E-state index contributed by atoms with van der Waals surface area (Å²) in [6.45, 7) is 7.40. The van der Waals surface area contributed by atoms with Gasteiger partial charge in [-0.15, -0.1) is 0 Å². The van der Waals surface area contributed by atoms with E-state index in [9.17, 15) is 14.4 Å². The summed E-state index contributed by atoms with van der Waals surface area (Å²) in [7, 11) is 0. The van der Waals surface area contributed by atoms with Gasteiger partial charge < -0.3 is 24.6 Å². The summed E-state index contributed by atoms with van der Waals surface area (Å²) in [4.78, 5) is 43.2. The van der Waals surface area contributed by atoms with E-state index in [-0.39, 0.29) is 24.5 Å². The number of nitrogens with zero attached hydrogens (tertiary/aromatic N) is 2. The average Bonchev–Trinajstić information content (AvgIpc) is 3.01. The number of piperazine rings is 1. The van der Waals surface area contributed by atoms with Gasteiger partial charge in [-0.1, -0.05) is 59.6 Å². The number of hydrogen-bond donors (Lipinski definition) is 2. The molecule has 0 bridgehead atoms. The fourth-order valence-electron chi connectivity index (χ4n) is 4.99. The van der Waals surface area contributed by atoms with Crippen LogP contribution < -0.4 is 10.0 Å². The Hall–Kier alpha value is -3.92. The fourth-order valence-corrected chi connectivity index (χ4v) is 6.42. The standard InChI is InChI=1S/C34H34Cl2N4O4S/c1-34(2,3)44-33(43)40-15-13-39(14-16-40)32(42)23-8-4-7-22(17-23)21-37-31(41)29-11-5-10-28-27(29)9-6-12-30(28)38-45-26-19-24(35)18-25(36)20-26/h4-12,17-20,38H,13-16,21H2,1-3H3,(H,37,41). The highest BCUT2D eigenvalue weighted by Crippen LogP contribution is 2.32. The van der Waals surface area contributed by atoms with Crippen LogP contribution in [-0.2, 0) is 11.3 Å². The predicted octanol–water partition coefficient (Wildman–Crippen LogP) is 7.89. The second-order valence-corrected chi connectivity index (χ2v) is 13.4. The van der Waals surface area contributed by atoms with E-state index in [0.29, 0.717) is 47.4 Å².